The van der Waals surface area contributed by atoms with Crippen LogP contribution in [0.25, 0.3) is 22.4 Å². The highest BCUT2D eigenvalue weighted by molar-refractivity contribution is 5.97. The molecule has 0 saturated heterocycles. The first-order chi connectivity index (χ1) is 13.5. The lowest BCUT2D eigenvalue weighted by Gasteiger charge is -2.08. The zero-order valence-corrected chi connectivity index (χ0v) is 14.3. The van der Waals surface area contributed by atoms with Crippen molar-refractivity contribution < 1.29 is 22.4 Å². The van der Waals surface area contributed by atoms with Gasteiger partial charge in [0.15, 0.2) is 6.29 Å². The topological polar surface area (TPSA) is 45.8 Å². The summed E-state index contributed by atoms with van der Waals surface area (Å²) in [4.78, 5) is 18.6. The van der Waals surface area contributed by atoms with E-state index in [1.54, 1.807) is 6.07 Å². The number of hydrogen-bond acceptors (Lipinski definition) is 2. The van der Waals surface area contributed by atoms with Gasteiger partial charge in [0.25, 0.3) is 0 Å². The highest BCUT2D eigenvalue weighted by Crippen LogP contribution is 2.29. The highest BCUT2D eigenvalue weighted by atomic mass is 19.1. The SMILES string of the molecule is O=Cc1c(Cc2c(F)cccc2F)ccc2[nH]c(-c3c(F)cccc3F)nc12. The Morgan fingerprint density at radius 1 is 0.857 bits per heavy atom. The van der Waals surface area contributed by atoms with Crippen LogP contribution in [0.5, 0.6) is 0 Å². The predicted molar refractivity (Wildman–Crippen MR) is 96.0 cm³/mol. The van der Waals surface area contributed by atoms with Crippen LogP contribution in [0.4, 0.5) is 17.6 Å². The Kier molecular flexibility index (Phi) is 4.43. The molecule has 1 N–H and O–H groups in total. The smallest absolute Gasteiger partial charge is 0.152 e. The average molecular weight is 384 g/mol. The predicted octanol–water partition coefficient (Wildman–Crippen LogP) is 5.19. The van der Waals surface area contributed by atoms with Crippen LogP contribution in [-0.4, -0.2) is 16.3 Å². The molecule has 0 aliphatic rings. The maximum atomic E-state index is 14.0. The maximum absolute atomic E-state index is 14.0. The van der Waals surface area contributed by atoms with Crippen molar-refractivity contribution in [1.29, 1.82) is 0 Å². The molecule has 0 radical (unpaired) electrons. The Balaban J connectivity index is 1.86. The van der Waals surface area contributed by atoms with Gasteiger partial charge >= 0.3 is 0 Å². The summed E-state index contributed by atoms with van der Waals surface area (Å²) in [5.74, 6) is -3.15. The number of nitrogens with one attached hydrogen (secondary N) is 1. The van der Waals surface area contributed by atoms with Gasteiger partial charge in [-0.25, -0.2) is 22.5 Å². The first-order valence-corrected chi connectivity index (χ1v) is 8.33. The molecule has 1 aromatic heterocycles. The van der Waals surface area contributed by atoms with Gasteiger partial charge in [-0.2, -0.15) is 0 Å². The molecule has 0 aliphatic carbocycles. The van der Waals surface area contributed by atoms with Crippen molar-refractivity contribution in [3.8, 4) is 11.4 Å². The zero-order chi connectivity index (χ0) is 19.8. The molecule has 4 aromatic rings. The summed E-state index contributed by atoms with van der Waals surface area (Å²) in [5, 5.41) is 0. The minimum absolute atomic E-state index is 0.0806. The van der Waals surface area contributed by atoms with E-state index in [-0.39, 0.29) is 34.5 Å². The first kappa shape index (κ1) is 17.9. The molecular weight excluding hydrogens is 372 g/mol. The molecule has 1 heterocycles. The molecule has 7 heteroatoms. The summed E-state index contributed by atoms with van der Waals surface area (Å²) in [6.07, 6.45) is 0.345. The Hall–Kier alpha value is -3.48. The number of carbonyl (C=O) groups is 1. The van der Waals surface area contributed by atoms with Gasteiger partial charge in [0.05, 0.1) is 16.6 Å². The number of aromatic nitrogens is 2. The van der Waals surface area contributed by atoms with E-state index in [9.17, 15) is 22.4 Å². The van der Waals surface area contributed by atoms with E-state index in [1.807, 2.05) is 0 Å². The number of aromatic amines is 1. The quantitative estimate of drug-likeness (QED) is 0.389. The fraction of sp³-hybridized carbons (Fsp3) is 0.0476. The lowest BCUT2D eigenvalue weighted by atomic mass is 9.98. The van der Waals surface area contributed by atoms with E-state index in [0.717, 1.165) is 24.3 Å². The number of benzene rings is 3. The summed E-state index contributed by atoms with van der Waals surface area (Å²) >= 11 is 0. The van der Waals surface area contributed by atoms with Crippen LogP contribution in [0.15, 0.2) is 48.5 Å². The van der Waals surface area contributed by atoms with Crippen molar-refractivity contribution in [3.63, 3.8) is 0 Å². The molecule has 0 bridgehead atoms. The van der Waals surface area contributed by atoms with E-state index < -0.39 is 23.3 Å². The number of hydrogen-bond donors (Lipinski definition) is 1. The van der Waals surface area contributed by atoms with Gasteiger partial charge in [0.2, 0.25) is 0 Å². The average Bonchev–Trinajstić information content (AvgIpc) is 3.08. The van der Waals surface area contributed by atoms with Gasteiger partial charge in [0.1, 0.15) is 29.1 Å². The van der Waals surface area contributed by atoms with Gasteiger partial charge in [0, 0.05) is 17.5 Å². The van der Waals surface area contributed by atoms with Gasteiger partial charge in [-0.15, -0.1) is 0 Å². The maximum Gasteiger partial charge on any atom is 0.152 e. The normalized spacial score (nSPS) is 11.1. The monoisotopic (exact) mass is 384 g/mol. The molecule has 140 valence electrons. The van der Waals surface area contributed by atoms with Gasteiger partial charge in [-0.05, 0) is 35.9 Å². The Morgan fingerprint density at radius 2 is 1.46 bits per heavy atom. The molecule has 0 fully saturated rings. The van der Waals surface area contributed by atoms with Gasteiger partial charge in [-0.3, -0.25) is 4.79 Å². The number of fused-ring (bicyclic) bond motifs is 1. The lowest BCUT2D eigenvalue weighted by molar-refractivity contribution is 0.112. The number of nitrogens with zero attached hydrogens (tertiary/aromatic N) is 1. The largest absolute Gasteiger partial charge is 0.338 e. The van der Waals surface area contributed by atoms with Crippen LogP contribution in [0.1, 0.15) is 21.5 Å². The second kappa shape index (κ2) is 6.92. The molecule has 3 nitrogen and oxygen atoms in total. The summed E-state index contributed by atoms with van der Waals surface area (Å²) in [5.41, 5.74) is 0.454. The fourth-order valence-electron chi connectivity index (χ4n) is 3.16. The Morgan fingerprint density at radius 3 is 2.07 bits per heavy atom. The molecule has 0 unspecified atom stereocenters. The number of aldehydes is 1. The van der Waals surface area contributed by atoms with E-state index in [0.29, 0.717) is 17.4 Å². The number of imidazole rings is 1. The third-order valence-electron chi connectivity index (χ3n) is 4.53. The molecule has 0 aliphatic heterocycles. The number of H-pyrrole nitrogens is 1. The van der Waals surface area contributed by atoms with Crippen molar-refractivity contribution in [1.82, 2.24) is 9.97 Å². The van der Waals surface area contributed by atoms with Crippen LogP contribution >= 0.6 is 0 Å². The molecule has 4 rings (SSSR count). The first-order valence-electron chi connectivity index (χ1n) is 8.33. The van der Waals surface area contributed by atoms with E-state index in [1.165, 1.54) is 18.2 Å². The summed E-state index contributed by atoms with van der Waals surface area (Å²) in [7, 11) is 0. The fourth-order valence-corrected chi connectivity index (χ4v) is 3.16. The molecule has 28 heavy (non-hydrogen) atoms. The van der Waals surface area contributed by atoms with E-state index in [2.05, 4.69) is 9.97 Å². The van der Waals surface area contributed by atoms with E-state index in [4.69, 9.17) is 0 Å². The van der Waals surface area contributed by atoms with Crippen LogP contribution in [0.2, 0.25) is 0 Å². The zero-order valence-electron chi connectivity index (χ0n) is 14.3. The highest BCUT2D eigenvalue weighted by Gasteiger charge is 2.19. The van der Waals surface area contributed by atoms with Crippen LogP contribution in [0.3, 0.4) is 0 Å². The number of carbonyl (C=O) groups excluding carboxylic acids is 1. The second-order valence-corrected chi connectivity index (χ2v) is 6.21. The number of rotatable bonds is 4. The molecular formula is C21H12F4N2O. The minimum Gasteiger partial charge on any atom is -0.338 e. The summed E-state index contributed by atoms with van der Waals surface area (Å²) in [6, 6.07) is 10.0. The van der Waals surface area contributed by atoms with Crippen molar-refractivity contribution >= 4 is 17.3 Å². The van der Waals surface area contributed by atoms with Crippen molar-refractivity contribution in [2.75, 3.05) is 0 Å². The van der Waals surface area contributed by atoms with Crippen LogP contribution in [0, 0.1) is 23.3 Å². The summed E-state index contributed by atoms with van der Waals surface area (Å²) < 4.78 is 56.0. The minimum atomic E-state index is -0.805. The van der Waals surface area contributed by atoms with Crippen LogP contribution < -0.4 is 0 Å². The standard InChI is InChI=1S/C21H12F4N2O/c22-14-3-1-4-15(23)12(14)9-11-7-8-18-20(13(11)10-28)27-21(26-18)19-16(24)5-2-6-17(19)25/h1-8,10H,9H2,(H,26,27). The Bertz CT molecular complexity index is 1180. The summed E-state index contributed by atoms with van der Waals surface area (Å²) in [6.45, 7) is 0. The Labute approximate surface area is 156 Å². The van der Waals surface area contributed by atoms with Crippen LogP contribution in [-0.2, 0) is 6.42 Å². The van der Waals surface area contributed by atoms with Gasteiger partial charge < -0.3 is 4.98 Å². The second-order valence-electron chi connectivity index (χ2n) is 6.21. The molecule has 0 amide bonds. The molecule has 0 atom stereocenters. The van der Waals surface area contributed by atoms with Crippen molar-refractivity contribution in [2.45, 2.75) is 6.42 Å². The third kappa shape index (κ3) is 2.94. The molecule has 0 spiro atoms. The molecule has 0 saturated carbocycles. The van der Waals surface area contributed by atoms with Gasteiger partial charge in [-0.1, -0.05) is 18.2 Å². The van der Waals surface area contributed by atoms with E-state index >= 15 is 0 Å². The molecule has 3 aromatic carbocycles. The third-order valence-corrected chi connectivity index (χ3v) is 4.53. The van der Waals surface area contributed by atoms with Crippen molar-refractivity contribution in [2.24, 2.45) is 0 Å². The lowest BCUT2D eigenvalue weighted by Crippen LogP contribution is -2.01. The number of halogens is 4. The van der Waals surface area contributed by atoms with Crippen molar-refractivity contribution in [3.05, 3.63) is 88.5 Å².